The van der Waals surface area contributed by atoms with Gasteiger partial charge < -0.3 is 9.84 Å². The predicted octanol–water partition coefficient (Wildman–Crippen LogP) is 2.86. The molecule has 0 aliphatic heterocycles. The normalized spacial score (nSPS) is 9.60. The average molecular weight is 286 g/mol. The standard InChI is InChI=1S/C14H8ClN3O2/c1-20-14-11(7-17)12(10(6-16)13(15)18-14)8-2-4-9(19)5-3-8/h2-5,19H,1H3. The van der Waals surface area contributed by atoms with E-state index in [4.69, 9.17) is 16.3 Å². The molecule has 0 atom stereocenters. The first-order chi connectivity index (χ1) is 9.62. The van der Waals surface area contributed by atoms with Crippen LogP contribution in [0.2, 0.25) is 5.15 Å². The molecule has 0 spiro atoms. The van der Waals surface area contributed by atoms with Crippen molar-refractivity contribution in [3.63, 3.8) is 0 Å². The molecule has 5 nitrogen and oxygen atoms in total. The van der Waals surface area contributed by atoms with Gasteiger partial charge in [0.1, 0.15) is 23.5 Å². The summed E-state index contributed by atoms with van der Waals surface area (Å²) in [7, 11) is 1.37. The van der Waals surface area contributed by atoms with Gasteiger partial charge in [0.05, 0.1) is 12.7 Å². The van der Waals surface area contributed by atoms with Crippen LogP contribution in [0.3, 0.4) is 0 Å². The summed E-state index contributed by atoms with van der Waals surface area (Å²) in [6.45, 7) is 0. The fourth-order valence-electron chi connectivity index (χ4n) is 1.81. The summed E-state index contributed by atoms with van der Waals surface area (Å²) in [4.78, 5) is 3.89. The van der Waals surface area contributed by atoms with Gasteiger partial charge in [0.2, 0.25) is 5.88 Å². The SMILES string of the molecule is COc1nc(Cl)c(C#N)c(-c2ccc(O)cc2)c1C#N. The molecule has 1 aromatic heterocycles. The minimum Gasteiger partial charge on any atom is -0.508 e. The average Bonchev–Trinajstić information content (AvgIpc) is 2.46. The monoisotopic (exact) mass is 285 g/mol. The van der Waals surface area contributed by atoms with Crippen LogP contribution >= 0.6 is 11.6 Å². The lowest BCUT2D eigenvalue weighted by Crippen LogP contribution is -1.99. The minimum absolute atomic E-state index is 0.0357. The number of benzene rings is 1. The van der Waals surface area contributed by atoms with E-state index < -0.39 is 0 Å². The molecule has 0 saturated carbocycles. The van der Waals surface area contributed by atoms with Crippen molar-refractivity contribution in [1.29, 1.82) is 10.5 Å². The van der Waals surface area contributed by atoms with E-state index in [0.717, 1.165) is 0 Å². The third-order valence-electron chi connectivity index (χ3n) is 2.69. The van der Waals surface area contributed by atoms with Gasteiger partial charge in [-0.05, 0) is 17.7 Å². The highest BCUT2D eigenvalue weighted by atomic mass is 35.5. The van der Waals surface area contributed by atoms with Crippen LogP contribution in [0.15, 0.2) is 24.3 Å². The van der Waals surface area contributed by atoms with E-state index in [0.29, 0.717) is 11.1 Å². The van der Waals surface area contributed by atoms with Crippen molar-refractivity contribution < 1.29 is 9.84 Å². The van der Waals surface area contributed by atoms with Crippen LogP contribution in [0, 0.1) is 22.7 Å². The van der Waals surface area contributed by atoms with Crippen LogP contribution in [0.25, 0.3) is 11.1 Å². The van der Waals surface area contributed by atoms with Gasteiger partial charge in [0.15, 0.2) is 5.15 Å². The van der Waals surface area contributed by atoms with Crippen LogP contribution in [0.1, 0.15) is 11.1 Å². The summed E-state index contributed by atoms with van der Waals surface area (Å²) >= 11 is 5.95. The maximum absolute atomic E-state index is 9.32. The number of rotatable bonds is 2. The summed E-state index contributed by atoms with van der Waals surface area (Å²) in [5.41, 5.74) is 1.12. The van der Waals surface area contributed by atoms with Crippen LogP contribution in [-0.2, 0) is 0 Å². The Labute approximate surface area is 120 Å². The van der Waals surface area contributed by atoms with Crippen molar-refractivity contribution in [1.82, 2.24) is 4.98 Å². The molecule has 0 saturated heterocycles. The molecule has 1 heterocycles. The molecule has 0 fully saturated rings. The first-order valence-corrected chi connectivity index (χ1v) is 5.87. The van der Waals surface area contributed by atoms with Crippen LogP contribution in [0.4, 0.5) is 0 Å². The van der Waals surface area contributed by atoms with Crippen molar-refractivity contribution in [3.8, 4) is 34.9 Å². The smallest absolute Gasteiger partial charge is 0.233 e. The number of phenolic OH excluding ortho intramolecular Hbond substituents is 1. The molecule has 0 amide bonds. The number of ether oxygens (including phenoxy) is 1. The molecule has 20 heavy (non-hydrogen) atoms. The summed E-state index contributed by atoms with van der Waals surface area (Å²) in [5.74, 6) is 0.137. The van der Waals surface area contributed by atoms with Gasteiger partial charge in [-0.3, -0.25) is 0 Å². The zero-order valence-electron chi connectivity index (χ0n) is 10.4. The fraction of sp³-hybridized carbons (Fsp3) is 0.0714. The number of methoxy groups -OCH3 is 1. The van der Waals surface area contributed by atoms with E-state index in [9.17, 15) is 15.6 Å². The van der Waals surface area contributed by atoms with Gasteiger partial charge in [-0.25, -0.2) is 0 Å². The second kappa shape index (κ2) is 5.48. The quantitative estimate of drug-likeness (QED) is 0.857. The molecule has 2 rings (SSSR count). The number of hydrogen-bond donors (Lipinski definition) is 1. The minimum atomic E-state index is -0.0357. The second-order valence-electron chi connectivity index (χ2n) is 3.81. The van der Waals surface area contributed by atoms with Crippen molar-refractivity contribution in [2.45, 2.75) is 0 Å². The van der Waals surface area contributed by atoms with Crippen molar-refractivity contribution in [2.75, 3.05) is 7.11 Å². The lowest BCUT2D eigenvalue weighted by Gasteiger charge is -2.11. The van der Waals surface area contributed by atoms with Gasteiger partial charge in [0, 0.05) is 5.56 Å². The molecule has 1 N–H and O–H groups in total. The highest BCUT2D eigenvalue weighted by Gasteiger charge is 2.20. The van der Waals surface area contributed by atoms with E-state index in [1.807, 2.05) is 12.1 Å². The number of nitrogens with zero attached hydrogens (tertiary/aromatic N) is 3. The number of pyridine rings is 1. The predicted molar refractivity (Wildman–Crippen MR) is 72.3 cm³/mol. The van der Waals surface area contributed by atoms with E-state index >= 15 is 0 Å². The molecule has 2 aromatic rings. The Balaban J connectivity index is 2.85. The van der Waals surface area contributed by atoms with Gasteiger partial charge in [-0.2, -0.15) is 15.5 Å². The Bertz CT molecular complexity index is 743. The van der Waals surface area contributed by atoms with Gasteiger partial charge in [-0.1, -0.05) is 23.7 Å². The lowest BCUT2D eigenvalue weighted by atomic mass is 9.97. The molecular formula is C14H8ClN3O2. The highest BCUT2D eigenvalue weighted by Crippen LogP contribution is 2.36. The van der Waals surface area contributed by atoms with E-state index in [1.165, 1.54) is 19.2 Å². The molecule has 6 heteroatoms. The Hall–Kier alpha value is -2.76. The van der Waals surface area contributed by atoms with Gasteiger partial charge in [0.25, 0.3) is 0 Å². The van der Waals surface area contributed by atoms with Crippen LogP contribution in [-0.4, -0.2) is 17.2 Å². The Morgan fingerprint density at radius 3 is 2.25 bits per heavy atom. The molecule has 0 aliphatic carbocycles. The van der Waals surface area contributed by atoms with Gasteiger partial charge in [-0.15, -0.1) is 0 Å². The largest absolute Gasteiger partial charge is 0.508 e. The maximum atomic E-state index is 9.32. The van der Waals surface area contributed by atoms with E-state index in [2.05, 4.69) is 4.98 Å². The molecule has 0 unspecified atom stereocenters. The number of halogens is 1. The molecule has 1 aromatic carbocycles. The molecule has 0 aliphatic rings. The van der Waals surface area contributed by atoms with Crippen LogP contribution < -0.4 is 4.74 Å². The van der Waals surface area contributed by atoms with Crippen molar-refractivity contribution >= 4 is 11.6 Å². The maximum Gasteiger partial charge on any atom is 0.233 e. The summed E-state index contributed by atoms with van der Waals surface area (Å²) in [6.07, 6.45) is 0. The highest BCUT2D eigenvalue weighted by molar-refractivity contribution is 6.31. The number of aromatic hydroxyl groups is 1. The van der Waals surface area contributed by atoms with Gasteiger partial charge >= 0.3 is 0 Å². The Morgan fingerprint density at radius 2 is 1.75 bits per heavy atom. The number of phenols is 1. The Morgan fingerprint density at radius 1 is 1.15 bits per heavy atom. The number of aromatic nitrogens is 1. The molecular weight excluding hydrogens is 278 g/mol. The van der Waals surface area contributed by atoms with Crippen molar-refractivity contribution in [2.24, 2.45) is 0 Å². The first kappa shape index (κ1) is 13.7. The zero-order valence-corrected chi connectivity index (χ0v) is 11.1. The van der Waals surface area contributed by atoms with Crippen LogP contribution in [0.5, 0.6) is 11.6 Å². The lowest BCUT2D eigenvalue weighted by molar-refractivity contribution is 0.397. The number of nitriles is 2. The molecule has 0 radical (unpaired) electrons. The summed E-state index contributed by atoms with van der Waals surface area (Å²) in [5, 5.41) is 27.8. The summed E-state index contributed by atoms with van der Waals surface area (Å²) < 4.78 is 5.03. The number of hydrogen-bond acceptors (Lipinski definition) is 5. The first-order valence-electron chi connectivity index (χ1n) is 5.49. The van der Waals surface area contributed by atoms with E-state index in [-0.39, 0.29) is 27.9 Å². The van der Waals surface area contributed by atoms with E-state index in [1.54, 1.807) is 12.1 Å². The third kappa shape index (κ3) is 2.23. The topological polar surface area (TPSA) is 89.9 Å². The Kier molecular flexibility index (Phi) is 3.74. The molecule has 98 valence electrons. The second-order valence-corrected chi connectivity index (χ2v) is 4.17. The summed E-state index contributed by atoms with van der Waals surface area (Å²) in [6, 6.07) is 9.99. The fourth-order valence-corrected chi connectivity index (χ4v) is 2.02. The molecule has 0 bridgehead atoms. The third-order valence-corrected chi connectivity index (χ3v) is 2.97. The zero-order chi connectivity index (χ0) is 14.7. The van der Waals surface area contributed by atoms with Crippen molar-refractivity contribution in [3.05, 3.63) is 40.5 Å².